The van der Waals surface area contributed by atoms with E-state index < -0.39 is 5.97 Å². The molecular weight excluding hydrogens is 274 g/mol. The van der Waals surface area contributed by atoms with Crippen molar-refractivity contribution in [3.05, 3.63) is 23.8 Å². The van der Waals surface area contributed by atoms with E-state index in [4.69, 9.17) is 14.2 Å². The van der Waals surface area contributed by atoms with Crippen molar-refractivity contribution in [2.45, 2.75) is 32.7 Å². The van der Waals surface area contributed by atoms with E-state index in [0.717, 1.165) is 6.42 Å². The maximum Gasteiger partial charge on any atom is 0.338 e. The number of amides is 1. The fourth-order valence-electron chi connectivity index (χ4n) is 1.74. The fourth-order valence-corrected chi connectivity index (χ4v) is 1.74. The van der Waals surface area contributed by atoms with Crippen LogP contribution in [0.15, 0.2) is 18.2 Å². The van der Waals surface area contributed by atoms with Gasteiger partial charge in [-0.2, -0.15) is 0 Å². The van der Waals surface area contributed by atoms with Crippen molar-refractivity contribution in [2.24, 2.45) is 0 Å². The number of hydrogen-bond donors (Lipinski definition) is 1. The summed E-state index contributed by atoms with van der Waals surface area (Å²) >= 11 is 0. The lowest BCUT2D eigenvalue weighted by molar-refractivity contribution is -0.125. The van der Waals surface area contributed by atoms with Gasteiger partial charge in [0.1, 0.15) is 0 Å². The lowest BCUT2D eigenvalue weighted by atomic mass is 10.0. The standard InChI is InChI=1S/C15H19NO5/c1-4-15(2,3)16-13(17)8-19-14(18)10-5-6-11-12(7-10)21-9-20-11/h5-7H,4,8-9H2,1-3H3,(H,16,17). The van der Waals surface area contributed by atoms with Gasteiger partial charge in [0, 0.05) is 5.54 Å². The zero-order valence-electron chi connectivity index (χ0n) is 12.4. The molecule has 6 heteroatoms. The van der Waals surface area contributed by atoms with Crippen LogP contribution in [-0.4, -0.2) is 30.8 Å². The Morgan fingerprint density at radius 3 is 2.71 bits per heavy atom. The number of rotatable bonds is 5. The topological polar surface area (TPSA) is 73.9 Å². The average Bonchev–Trinajstić information content (AvgIpc) is 2.91. The molecule has 21 heavy (non-hydrogen) atoms. The Hall–Kier alpha value is -2.24. The largest absolute Gasteiger partial charge is 0.454 e. The fraction of sp³-hybridized carbons (Fsp3) is 0.467. The second-order valence-electron chi connectivity index (χ2n) is 5.43. The van der Waals surface area contributed by atoms with Crippen molar-refractivity contribution in [1.29, 1.82) is 0 Å². The van der Waals surface area contributed by atoms with Gasteiger partial charge in [-0.3, -0.25) is 4.79 Å². The molecule has 1 aliphatic heterocycles. The molecule has 0 spiro atoms. The Morgan fingerprint density at radius 1 is 1.29 bits per heavy atom. The molecule has 1 N–H and O–H groups in total. The number of esters is 1. The SMILES string of the molecule is CCC(C)(C)NC(=O)COC(=O)c1ccc2c(c1)OCO2. The number of fused-ring (bicyclic) bond motifs is 1. The molecule has 1 aliphatic rings. The summed E-state index contributed by atoms with van der Waals surface area (Å²) in [6.07, 6.45) is 0.787. The van der Waals surface area contributed by atoms with Gasteiger partial charge < -0.3 is 19.5 Å². The second kappa shape index (κ2) is 6.03. The van der Waals surface area contributed by atoms with Crippen LogP contribution in [0.2, 0.25) is 0 Å². The number of carbonyl (C=O) groups excluding carboxylic acids is 2. The first kappa shape index (κ1) is 15.2. The van der Waals surface area contributed by atoms with Crippen molar-refractivity contribution in [3.63, 3.8) is 0 Å². The monoisotopic (exact) mass is 293 g/mol. The maximum atomic E-state index is 11.9. The van der Waals surface area contributed by atoms with Crippen molar-refractivity contribution < 1.29 is 23.8 Å². The molecule has 0 saturated carbocycles. The van der Waals surface area contributed by atoms with E-state index in [1.54, 1.807) is 18.2 Å². The Kier molecular flexibility index (Phi) is 4.35. The van der Waals surface area contributed by atoms with E-state index in [-0.39, 0.29) is 24.8 Å². The Morgan fingerprint density at radius 2 is 2.00 bits per heavy atom. The normalized spacial score (nSPS) is 12.9. The highest BCUT2D eigenvalue weighted by Crippen LogP contribution is 2.32. The van der Waals surface area contributed by atoms with Gasteiger partial charge in [-0.15, -0.1) is 0 Å². The Balaban J connectivity index is 1.89. The number of benzene rings is 1. The first-order chi connectivity index (χ1) is 9.91. The molecule has 1 heterocycles. The third kappa shape index (κ3) is 3.87. The van der Waals surface area contributed by atoms with Gasteiger partial charge in [0.15, 0.2) is 18.1 Å². The summed E-state index contributed by atoms with van der Waals surface area (Å²) in [6.45, 7) is 5.62. The smallest absolute Gasteiger partial charge is 0.338 e. The van der Waals surface area contributed by atoms with Crippen LogP contribution in [0.25, 0.3) is 0 Å². The van der Waals surface area contributed by atoms with Crippen LogP contribution in [0.4, 0.5) is 0 Å². The van der Waals surface area contributed by atoms with Crippen LogP contribution >= 0.6 is 0 Å². The predicted octanol–water partition coefficient (Wildman–Crippen LogP) is 1.88. The molecule has 1 aromatic carbocycles. The molecule has 0 fully saturated rings. The zero-order chi connectivity index (χ0) is 15.5. The summed E-state index contributed by atoms with van der Waals surface area (Å²) < 4.78 is 15.3. The van der Waals surface area contributed by atoms with E-state index in [0.29, 0.717) is 17.1 Å². The predicted molar refractivity (Wildman–Crippen MR) is 75.4 cm³/mol. The highest BCUT2D eigenvalue weighted by atomic mass is 16.7. The van der Waals surface area contributed by atoms with E-state index in [1.807, 2.05) is 20.8 Å². The van der Waals surface area contributed by atoms with E-state index in [9.17, 15) is 9.59 Å². The lowest BCUT2D eigenvalue weighted by Gasteiger charge is -2.24. The molecule has 6 nitrogen and oxygen atoms in total. The number of nitrogens with one attached hydrogen (secondary N) is 1. The minimum absolute atomic E-state index is 0.141. The van der Waals surface area contributed by atoms with Gasteiger partial charge in [-0.25, -0.2) is 4.79 Å². The van der Waals surface area contributed by atoms with Crippen LogP contribution in [0.1, 0.15) is 37.6 Å². The number of hydrogen-bond acceptors (Lipinski definition) is 5. The summed E-state index contributed by atoms with van der Waals surface area (Å²) in [7, 11) is 0. The van der Waals surface area contributed by atoms with Gasteiger partial charge in [0.2, 0.25) is 6.79 Å². The van der Waals surface area contributed by atoms with E-state index in [1.165, 1.54) is 0 Å². The molecule has 0 saturated heterocycles. The summed E-state index contributed by atoms with van der Waals surface area (Å²) in [6, 6.07) is 4.75. The molecule has 1 amide bonds. The third-order valence-electron chi connectivity index (χ3n) is 3.30. The van der Waals surface area contributed by atoms with Gasteiger partial charge in [-0.1, -0.05) is 6.92 Å². The molecule has 0 radical (unpaired) electrons. The van der Waals surface area contributed by atoms with Crippen LogP contribution in [0.5, 0.6) is 11.5 Å². The van der Waals surface area contributed by atoms with Gasteiger partial charge in [-0.05, 0) is 38.5 Å². The highest BCUT2D eigenvalue weighted by molar-refractivity contribution is 5.92. The third-order valence-corrected chi connectivity index (χ3v) is 3.30. The summed E-state index contributed by atoms with van der Waals surface area (Å²) in [5.41, 5.74) is 0.00389. The number of carbonyl (C=O) groups is 2. The van der Waals surface area contributed by atoms with Gasteiger partial charge >= 0.3 is 5.97 Å². The Labute approximate surface area is 123 Å². The minimum Gasteiger partial charge on any atom is -0.454 e. The minimum atomic E-state index is -0.572. The lowest BCUT2D eigenvalue weighted by Crippen LogP contribution is -2.44. The zero-order valence-corrected chi connectivity index (χ0v) is 12.4. The molecular formula is C15H19NO5. The van der Waals surface area contributed by atoms with Gasteiger partial charge in [0.25, 0.3) is 5.91 Å². The highest BCUT2D eigenvalue weighted by Gasteiger charge is 2.20. The van der Waals surface area contributed by atoms with Crippen LogP contribution < -0.4 is 14.8 Å². The first-order valence-corrected chi connectivity index (χ1v) is 6.79. The maximum absolute atomic E-state index is 11.9. The molecule has 0 unspecified atom stereocenters. The molecule has 0 atom stereocenters. The summed E-state index contributed by atoms with van der Waals surface area (Å²) in [5.74, 6) is 0.198. The van der Waals surface area contributed by atoms with E-state index in [2.05, 4.69) is 5.32 Å². The summed E-state index contributed by atoms with van der Waals surface area (Å²) in [5, 5.41) is 2.79. The number of ether oxygens (including phenoxy) is 3. The molecule has 0 aromatic heterocycles. The van der Waals surface area contributed by atoms with Crippen LogP contribution in [0.3, 0.4) is 0 Å². The van der Waals surface area contributed by atoms with Crippen LogP contribution in [0, 0.1) is 0 Å². The van der Waals surface area contributed by atoms with Crippen molar-refractivity contribution >= 4 is 11.9 Å². The van der Waals surface area contributed by atoms with Crippen molar-refractivity contribution in [2.75, 3.05) is 13.4 Å². The molecule has 114 valence electrons. The Bertz CT molecular complexity index is 553. The van der Waals surface area contributed by atoms with Crippen molar-refractivity contribution in [1.82, 2.24) is 5.32 Å². The summed E-state index contributed by atoms with van der Waals surface area (Å²) in [4.78, 5) is 23.6. The second-order valence-corrected chi connectivity index (χ2v) is 5.43. The van der Waals surface area contributed by atoms with Crippen LogP contribution in [-0.2, 0) is 9.53 Å². The molecule has 0 bridgehead atoms. The molecule has 2 rings (SSSR count). The van der Waals surface area contributed by atoms with E-state index >= 15 is 0 Å². The van der Waals surface area contributed by atoms with Gasteiger partial charge in [0.05, 0.1) is 5.56 Å². The molecule has 1 aromatic rings. The van der Waals surface area contributed by atoms with Crippen molar-refractivity contribution in [3.8, 4) is 11.5 Å². The average molecular weight is 293 g/mol. The first-order valence-electron chi connectivity index (χ1n) is 6.79. The quantitative estimate of drug-likeness (QED) is 0.839. The molecule has 0 aliphatic carbocycles.